The van der Waals surface area contributed by atoms with Crippen LogP contribution >= 0.6 is 0 Å². The number of hydrogen-bond donors (Lipinski definition) is 0. The molecule has 4 aromatic carbocycles. The second-order valence-corrected chi connectivity index (χ2v) is 8.20. The molecule has 1 heteroatoms. The van der Waals surface area contributed by atoms with Crippen LogP contribution in [0.1, 0.15) is 22.3 Å². The Balaban J connectivity index is 1.57. The monoisotopic (exact) mass is 357 g/mol. The third kappa shape index (κ3) is 1.64. The van der Waals surface area contributed by atoms with Crippen LogP contribution in [0.2, 0.25) is 0 Å². The average molecular weight is 357 g/mol. The van der Waals surface area contributed by atoms with Gasteiger partial charge in [0.05, 0.1) is 0 Å². The standard InChI is InChI=1S/C27H19N/c1-28-24-9-5-4-8-21(24)27-23-15-17-10-11-19-18-7-3-2-6-16(18)14-22(19)26(17)20(23)12-13-25(27)28/h2-13H,14-15H2,1H3. The molecule has 1 heterocycles. The summed E-state index contributed by atoms with van der Waals surface area (Å²) < 4.78 is 2.34. The SMILES string of the molecule is Cn1c2ccccc2c2c3c(ccc21)-c1c(ccc2c1Cc1ccccc1-2)C3. The third-order valence-electron chi connectivity index (χ3n) is 6.90. The summed E-state index contributed by atoms with van der Waals surface area (Å²) >= 11 is 0. The second kappa shape index (κ2) is 4.94. The molecule has 0 bridgehead atoms. The lowest BCUT2D eigenvalue weighted by Gasteiger charge is -2.09. The number of para-hydroxylation sites is 1. The summed E-state index contributed by atoms with van der Waals surface area (Å²) in [4.78, 5) is 0. The lowest BCUT2D eigenvalue weighted by atomic mass is 9.94. The fourth-order valence-electron chi connectivity index (χ4n) is 5.67. The molecule has 0 spiro atoms. The van der Waals surface area contributed by atoms with Crippen molar-refractivity contribution in [2.75, 3.05) is 0 Å². The molecular weight excluding hydrogens is 338 g/mol. The lowest BCUT2D eigenvalue weighted by molar-refractivity contribution is 1.01. The number of hydrogen-bond acceptors (Lipinski definition) is 0. The van der Waals surface area contributed by atoms with Crippen molar-refractivity contribution in [3.05, 3.63) is 95.1 Å². The maximum atomic E-state index is 2.37. The molecule has 5 aromatic rings. The van der Waals surface area contributed by atoms with Crippen molar-refractivity contribution < 1.29 is 0 Å². The molecule has 2 aliphatic rings. The van der Waals surface area contributed by atoms with Crippen LogP contribution in [0.4, 0.5) is 0 Å². The summed E-state index contributed by atoms with van der Waals surface area (Å²) in [5.74, 6) is 0. The molecule has 1 nitrogen and oxygen atoms in total. The fraction of sp³-hybridized carbons (Fsp3) is 0.111. The smallest absolute Gasteiger partial charge is 0.0492 e. The summed E-state index contributed by atoms with van der Waals surface area (Å²) in [6, 6.07) is 27.1. The molecule has 0 saturated heterocycles. The van der Waals surface area contributed by atoms with Gasteiger partial charge >= 0.3 is 0 Å². The van der Waals surface area contributed by atoms with Crippen LogP contribution in [0.15, 0.2) is 72.8 Å². The minimum atomic E-state index is 1.04. The predicted octanol–water partition coefficient (Wildman–Crippen LogP) is 6.47. The number of rotatable bonds is 0. The highest BCUT2D eigenvalue weighted by atomic mass is 14.9. The van der Waals surface area contributed by atoms with Crippen molar-refractivity contribution in [1.29, 1.82) is 0 Å². The van der Waals surface area contributed by atoms with Crippen molar-refractivity contribution in [2.45, 2.75) is 12.8 Å². The summed E-state index contributed by atoms with van der Waals surface area (Å²) in [6.45, 7) is 0. The van der Waals surface area contributed by atoms with Crippen molar-refractivity contribution in [3.63, 3.8) is 0 Å². The molecule has 0 saturated carbocycles. The molecule has 1 aromatic heterocycles. The van der Waals surface area contributed by atoms with Crippen LogP contribution in [0.3, 0.4) is 0 Å². The van der Waals surface area contributed by atoms with E-state index in [4.69, 9.17) is 0 Å². The molecule has 0 atom stereocenters. The summed E-state index contributed by atoms with van der Waals surface area (Å²) in [6.07, 6.45) is 2.10. The first-order valence-corrected chi connectivity index (χ1v) is 10.0. The molecule has 0 fully saturated rings. The van der Waals surface area contributed by atoms with E-state index < -0.39 is 0 Å². The lowest BCUT2D eigenvalue weighted by Crippen LogP contribution is -1.89. The Hall–Kier alpha value is -3.32. The van der Waals surface area contributed by atoms with Crippen molar-refractivity contribution in [2.24, 2.45) is 7.05 Å². The predicted molar refractivity (Wildman–Crippen MR) is 117 cm³/mol. The third-order valence-corrected chi connectivity index (χ3v) is 6.90. The Labute approximate surface area is 163 Å². The Kier molecular flexibility index (Phi) is 2.59. The molecular formula is C27H19N. The maximum absolute atomic E-state index is 2.37. The van der Waals surface area contributed by atoms with E-state index >= 15 is 0 Å². The molecule has 0 N–H and O–H groups in total. The zero-order chi connectivity index (χ0) is 18.4. The van der Waals surface area contributed by atoms with Crippen molar-refractivity contribution in [3.8, 4) is 22.3 Å². The minimum Gasteiger partial charge on any atom is -0.344 e. The first kappa shape index (κ1) is 14.7. The molecule has 0 unspecified atom stereocenters. The van der Waals surface area contributed by atoms with E-state index in [0.717, 1.165) is 12.8 Å². The zero-order valence-corrected chi connectivity index (χ0v) is 15.8. The highest BCUT2D eigenvalue weighted by molar-refractivity contribution is 6.13. The average Bonchev–Trinajstić information content (AvgIpc) is 3.38. The van der Waals surface area contributed by atoms with E-state index in [1.165, 1.54) is 66.3 Å². The number of fused-ring (bicyclic) bond motifs is 11. The molecule has 7 rings (SSSR count). The van der Waals surface area contributed by atoms with Gasteiger partial charge in [0.2, 0.25) is 0 Å². The summed E-state index contributed by atoms with van der Waals surface area (Å²) in [7, 11) is 2.19. The Morgan fingerprint density at radius 1 is 0.607 bits per heavy atom. The fourth-order valence-corrected chi connectivity index (χ4v) is 5.67. The normalized spacial score (nSPS) is 13.6. The van der Waals surface area contributed by atoms with E-state index in [1.807, 2.05) is 0 Å². The minimum absolute atomic E-state index is 1.04. The molecule has 2 aliphatic carbocycles. The quantitative estimate of drug-likeness (QED) is 0.293. The van der Waals surface area contributed by atoms with E-state index in [0.29, 0.717) is 0 Å². The van der Waals surface area contributed by atoms with Crippen LogP contribution in [0, 0.1) is 0 Å². The first-order valence-electron chi connectivity index (χ1n) is 10.0. The van der Waals surface area contributed by atoms with Crippen LogP contribution < -0.4 is 0 Å². The highest BCUT2D eigenvalue weighted by Crippen LogP contribution is 2.49. The summed E-state index contributed by atoms with van der Waals surface area (Å²) in [5, 5.41) is 2.82. The van der Waals surface area contributed by atoms with Gasteiger partial charge in [-0.05, 0) is 69.5 Å². The van der Waals surface area contributed by atoms with Gasteiger partial charge in [-0.25, -0.2) is 0 Å². The van der Waals surface area contributed by atoms with Gasteiger partial charge in [0.1, 0.15) is 0 Å². The van der Waals surface area contributed by atoms with Gasteiger partial charge in [-0.2, -0.15) is 0 Å². The van der Waals surface area contributed by atoms with Crippen LogP contribution in [-0.2, 0) is 19.9 Å². The van der Waals surface area contributed by atoms with Crippen molar-refractivity contribution in [1.82, 2.24) is 4.57 Å². The van der Waals surface area contributed by atoms with Crippen LogP contribution in [-0.4, -0.2) is 4.57 Å². The van der Waals surface area contributed by atoms with Gasteiger partial charge in [0.25, 0.3) is 0 Å². The van der Waals surface area contributed by atoms with Crippen LogP contribution in [0.25, 0.3) is 44.1 Å². The molecule has 0 aliphatic heterocycles. The van der Waals surface area contributed by atoms with Crippen molar-refractivity contribution >= 4 is 21.8 Å². The number of aromatic nitrogens is 1. The highest BCUT2D eigenvalue weighted by Gasteiger charge is 2.29. The van der Waals surface area contributed by atoms with E-state index in [9.17, 15) is 0 Å². The largest absolute Gasteiger partial charge is 0.344 e. The van der Waals surface area contributed by atoms with Gasteiger partial charge in [-0.3, -0.25) is 0 Å². The Morgan fingerprint density at radius 3 is 2.36 bits per heavy atom. The second-order valence-electron chi connectivity index (χ2n) is 8.20. The molecule has 28 heavy (non-hydrogen) atoms. The topological polar surface area (TPSA) is 4.93 Å². The van der Waals surface area contributed by atoms with E-state index in [-0.39, 0.29) is 0 Å². The van der Waals surface area contributed by atoms with Gasteiger partial charge in [-0.15, -0.1) is 0 Å². The summed E-state index contributed by atoms with van der Waals surface area (Å²) in [5.41, 5.74) is 14.4. The van der Waals surface area contributed by atoms with Gasteiger partial charge in [0.15, 0.2) is 0 Å². The number of nitrogens with zero attached hydrogens (tertiary/aromatic N) is 1. The van der Waals surface area contributed by atoms with E-state index in [1.54, 1.807) is 0 Å². The maximum Gasteiger partial charge on any atom is 0.0492 e. The molecule has 132 valence electrons. The van der Waals surface area contributed by atoms with Crippen LogP contribution in [0.5, 0.6) is 0 Å². The zero-order valence-electron chi connectivity index (χ0n) is 15.8. The first-order chi connectivity index (χ1) is 13.8. The van der Waals surface area contributed by atoms with E-state index in [2.05, 4.69) is 84.4 Å². The molecule has 0 radical (unpaired) electrons. The Morgan fingerprint density at radius 2 is 1.39 bits per heavy atom. The van der Waals surface area contributed by atoms with Gasteiger partial charge in [-0.1, -0.05) is 60.7 Å². The number of aryl methyl sites for hydroxylation is 1. The van der Waals surface area contributed by atoms with Gasteiger partial charge < -0.3 is 4.57 Å². The van der Waals surface area contributed by atoms with Gasteiger partial charge in [0, 0.05) is 28.9 Å². The Bertz CT molecular complexity index is 1470. The molecule has 0 amide bonds. The number of benzene rings is 4.